The average molecular weight is 521 g/mol. The Hall–Kier alpha value is -2.38. The van der Waals surface area contributed by atoms with Crippen molar-refractivity contribution < 1.29 is 19.1 Å². The number of anilines is 1. The van der Waals surface area contributed by atoms with Crippen LogP contribution in [0.1, 0.15) is 62.4 Å². The number of carbonyl (C=O) groups is 2. The summed E-state index contributed by atoms with van der Waals surface area (Å²) in [6.07, 6.45) is 5.08. The first kappa shape index (κ1) is 28.9. The lowest BCUT2D eigenvalue weighted by Crippen LogP contribution is -2.38. The molecular formula is C27H37ClN2O4S. The van der Waals surface area contributed by atoms with Crippen molar-refractivity contribution in [3.05, 3.63) is 58.6 Å². The van der Waals surface area contributed by atoms with Crippen molar-refractivity contribution in [1.82, 2.24) is 4.90 Å². The summed E-state index contributed by atoms with van der Waals surface area (Å²) in [5.41, 5.74) is 1.90. The Morgan fingerprint density at radius 3 is 2.46 bits per heavy atom. The Morgan fingerprint density at radius 2 is 1.80 bits per heavy atom. The van der Waals surface area contributed by atoms with Gasteiger partial charge in [-0.1, -0.05) is 48.2 Å². The highest BCUT2D eigenvalue weighted by molar-refractivity contribution is 7.99. The van der Waals surface area contributed by atoms with E-state index < -0.39 is 5.60 Å². The van der Waals surface area contributed by atoms with Gasteiger partial charge >= 0.3 is 6.09 Å². The molecule has 0 saturated carbocycles. The van der Waals surface area contributed by atoms with Crippen molar-refractivity contribution in [2.75, 3.05) is 31.2 Å². The summed E-state index contributed by atoms with van der Waals surface area (Å²) in [6, 6.07) is 13.1. The normalized spacial score (nSPS) is 11.1. The zero-order chi connectivity index (χ0) is 25.8. The molecule has 0 spiro atoms. The fourth-order valence-electron chi connectivity index (χ4n) is 3.56. The summed E-state index contributed by atoms with van der Waals surface area (Å²) in [5, 5.41) is 0.699. The predicted molar refractivity (Wildman–Crippen MR) is 146 cm³/mol. The fraction of sp³-hybridized carbons (Fsp3) is 0.481. The number of ether oxygens (including phenoxy) is 2. The first-order valence-electron chi connectivity index (χ1n) is 11.9. The molecule has 192 valence electrons. The van der Waals surface area contributed by atoms with Gasteiger partial charge in [-0.2, -0.15) is 0 Å². The summed E-state index contributed by atoms with van der Waals surface area (Å²) in [5.74, 6) is 0.800. The number of halogens is 1. The molecule has 0 bridgehead atoms. The van der Waals surface area contributed by atoms with Crippen LogP contribution in [0.15, 0.2) is 42.5 Å². The molecule has 8 heteroatoms. The molecule has 1 amide bonds. The Kier molecular flexibility index (Phi) is 11.7. The van der Waals surface area contributed by atoms with E-state index in [9.17, 15) is 9.59 Å². The monoisotopic (exact) mass is 520 g/mol. The lowest BCUT2D eigenvalue weighted by Gasteiger charge is -2.27. The van der Waals surface area contributed by atoms with Gasteiger partial charge in [-0.05, 0) is 69.9 Å². The highest BCUT2D eigenvalue weighted by Crippen LogP contribution is 2.28. The molecule has 0 heterocycles. The van der Waals surface area contributed by atoms with Crippen LogP contribution in [0.4, 0.5) is 10.5 Å². The van der Waals surface area contributed by atoms with E-state index in [2.05, 4.69) is 4.72 Å². The molecular weight excluding hydrogens is 484 g/mol. The second-order valence-electron chi connectivity index (χ2n) is 9.26. The van der Waals surface area contributed by atoms with E-state index in [4.69, 9.17) is 21.1 Å². The molecule has 2 aromatic rings. The number of hydrogen-bond donors (Lipinski definition) is 1. The van der Waals surface area contributed by atoms with Crippen molar-refractivity contribution in [3.63, 3.8) is 0 Å². The van der Waals surface area contributed by atoms with Crippen molar-refractivity contribution in [3.8, 4) is 5.75 Å². The zero-order valence-corrected chi connectivity index (χ0v) is 22.9. The van der Waals surface area contributed by atoms with Crippen molar-refractivity contribution in [2.24, 2.45) is 0 Å². The Bertz CT molecular complexity index is 978. The molecule has 0 aliphatic heterocycles. The molecule has 0 aromatic heterocycles. The third-order valence-corrected chi connectivity index (χ3v) is 6.12. The maximum Gasteiger partial charge on any atom is 0.410 e. The Balaban J connectivity index is 1.88. The second kappa shape index (κ2) is 14.2. The van der Waals surface area contributed by atoms with Crippen LogP contribution in [0.5, 0.6) is 5.75 Å². The smallest absolute Gasteiger partial charge is 0.410 e. The molecule has 0 aliphatic carbocycles. The van der Waals surface area contributed by atoms with E-state index in [1.807, 2.05) is 63.4 Å². The largest absolute Gasteiger partial charge is 0.495 e. The first-order chi connectivity index (χ1) is 16.6. The maximum absolute atomic E-state index is 12.8. The average Bonchev–Trinajstić information content (AvgIpc) is 2.80. The second-order valence-corrected chi connectivity index (χ2v) is 10.3. The van der Waals surface area contributed by atoms with Crippen LogP contribution >= 0.6 is 23.5 Å². The summed E-state index contributed by atoms with van der Waals surface area (Å²) < 4.78 is 14.1. The number of unbranched alkanes of at least 4 members (excludes halogenated alkanes) is 2. The van der Waals surface area contributed by atoms with Crippen LogP contribution in [0.3, 0.4) is 0 Å². The van der Waals surface area contributed by atoms with Crippen LogP contribution < -0.4 is 9.46 Å². The van der Waals surface area contributed by atoms with Gasteiger partial charge in [-0.25, -0.2) is 4.79 Å². The van der Waals surface area contributed by atoms with Gasteiger partial charge in [0.25, 0.3) is 0 Å². The van der Waals surface area contributed by atoms with Crippen molar-refractivity contribution in [1.29, 1.82) is 0 Å². The van der Waals surface area contributed by atoms with Crippen LogP contribution in [-0.4, -0.2) is 48.8 Å². The lowest BCUT2D eigenvalue weighted by molar-refractivity contribution is 0.0248. The van der Waals surface area contributed by atoms with E-state index in [0.29, 0.717) is 42.3 Å². The van der Waals surface area contributed by atoms with Gasteiger partial charge < -0.3 is 19.1 Å². The number of nitrogens with zero attached hydrogens (tertiary/aromatic N) is 1. The van der Waals surface area contributed by atoms with Crippen LogP contribution in [0.25, 0.3) is 0 Å². The molecule has 1 N–H and O–H groups in total. The molecule has 0 atom stereocenters. The summed E-state index contributed by atoms with van der Waals surface area (Å²) in [7, 11) is 1.61. The number of ketones is 1. The number of carbonyl (C=O) groups excluding carboxylic acids is 2. The molecule has 0 fully saturated rings. The summed E-state index contributed by atoms with van der Waals surface area (Å²) in [6.45, 7) is 6.68. The van der Waals surface area contributed by atoms with E-state index in [1.54, 1.807) is 18.1 Å². The summed E-state index contributed by atoms with van der Waals surface area (Å²) in [4.78, 5) is 27.2. The maximum atomic E-state index is 12.8. The number of hydrogen-bond acceptors (Lipinski definition) is 6. The van der Waals surface area contributed by atoms with E-state index in [-0.39, 0.29) is 11.9 Å². The van der Waals surface area contributed by atoms with Crippen LogP contribution in [-0.2, 0) is 11.2 Å². The number of rotatable bonds is 13. The number of methoxy groups -OCH3 is 1. The molecule has 0 radical (unpaired) electrons. The predicted octanol–water partition coefficient (Wildman–Crippen LogP) is 7.26. The topological polar surface area (TPSA) is 67.9 Å². The third kappa shape index (κ3) is 10.0. The number of benzene rings is 2. The standard InChI is InChI=1S/C27H37ClN2O4S/c1-27(2,3)34-26(32)30(18-16-20-11-8-9-12-22(20)28)17-10-6-7-13-24(31)21-14-15-25(33-4)23(19-21)29-35-5/h8-9,11-12,14-15,19,29H,6-7,10,13,16-18H2,1-5H3. The van der Waals surface area contributed by atoms with Gasteiger partial charge in [0.1, 0.15) is 11.4 Å². The number of Topliss-reactive ketones (excluding diaryl/α,β-unsaturated/α-hetero) is 1. The Labute approximate surface area is 218 Å². The minimum Gasteiger partial charge on any atom is -0.495 e. The van der Waals surface area contributed by atoms with Gasteiger partial charge in [0.15, 0.2) is 5.78 Å². The SMILES string of the molecule is COc1ccc(C(=O)CCCCCN(CCc2ccccc2Cl)C(=O)OC(C)(C)C)cc1NSC. The quantitative estimate of drug-likeness (QED) is 0.170. The zero-order valence-electron chi connectivity index (χ0n) is 21.4. The van der Waals surface area contributed by atoms with Gasteiger partial charge in [0.05, 0.1) is 12.8 Å². The molecule has 35 heavy (non-hydrogen) atoms. The van der Waals surface area contributed by atoms with Gasteiger partial charge in [-0.15, -0.1) is 0 Å². The van der Waals surface area contributed by atoms with E-state index in [1.165, 1.54) is 11.9 Å². The molecule has 0 saturated heterocycles. The van der Waals surface area contributed by atoms with Crippen molar-refractivity contribution in [2.45, 2.75) is 58.5 Å². The molecule has 0 aliphatic rings. The van der Waals surface area contributed by atoms with Crippen LogP contribution in [0, 0.1) is 0 Å². The van der Waals surface area contributed by atoms with Crippen LogP contribution in [0.2, 0.25) is 5.02 Å². The van der Waals surface area contributed by atoms with Gasteiger partial charge in [0, 0.05) is 36.4 Å². The van der Waals surface area contributed by atoms with Gasteiger partial charge in [0.2, 0.25) is 0 Å². The fourth-order valence-corrected chi connectivity index (χ4v) is 4.17. The summed E-state index contributed by atoms with van der Waals surface area (Å²) >= 11 is 7.73. The minimum absolute atomic E-state index is 0.0968. The van der Waals surface area contributed by atoms with E-state index >= 15 is 0 Å². The Morgan fingerprint density at radius 1 is 1.06 bits per heavy atom. The molecule has 0 unspecified atom stereocenters. The lowest BCUT2D eigenvalue weighted by atomic mass is 10.0. The van der Waals surface area contributed by atoms with E-state index in [0.717, 1.165) is 30.5 Å². The number of amides is 1. The number of nitrogens with one attached hydrogen (secondary N) is 1. The molecule has 2 rings (SSSR count). The third-order valence-electron chi connectivity index (χ3n) is 5.33. The first-order valence-corrected chi connectivity index (χ1v) is 13.5. The van der Waals surface area contributed by atoms with Crippen molar-refractivity contribution >= 4 is 41.1 Å². The highest BCUT2D eigenvalue weighted by Gasteiger charge is 2.22. The highest BCUT2D eigenvalue weighted by atomic mass is 35.5. The molecule has 2 aromatic carbocycles. The van der Waals surface area contributed by atoms with Gasteiger partial charge in [-0.3, -0.25) is 4.79 Å². The molecule has 6 nitrogen and oxygen atoms in total. The minimum atomic E-state index is -0.561.